The Morgan fingerprint density at radius 1 is 1.26 bits per heavy atom. The summed E-state index contributed by atoms with van der Waals surface area (Å²) in [6.45, 7) is 6.79. The molecule has 0 amide bonds. The summed E-state index contributed by atoms with van der Waals surface area (Å²) in [5.74, 6) is 0.558. The Morgan fingerprint density at radius 3 is 2.57 bits per heavy atom. The number of hydrogen-bond donors (Lipinski definition) is 1. The maximum atomic E-state index is 12.2. The second-order valence-electron chi connectivity index (χ2n) is 5.72. The molecule has 1 fully saturated rings. The van der Waals surface area contributed by atoms with Crippen LogP contribution in [0, 0.1) is 5.92 Å². The molecule has 1 aromatic carbocycles. The number of ether oxygens (including phenoxy) is 1. The number of nitrogens with zero attached hydrogens (tertiary/aromatic N) is 1. The first-order valence-corrected chi connectivity index (χ1v) is 7.74. The molecule has 1 heterocycles. The van der Waals surface area contributed by atoms with E-state index in [-0.39, 0.29) is 18.2 Å². The maximum Gasteiger partial charge on any atom is 0.573 e. The van der Waals surface area contributed by atoms with Crippen molar-refractivity contribution >= 4 is 12.4 Å². The number of piperidine rings is 1. The van der Waals surface area contributed by atoms with Gasteiger partial charge in [-0.1, -0.05) is 19.1 Å². The van der Waals surface area contributed by atoms with E-state index in [0.717, 1.165) is 44.6 Å². The van der Waals surface area contributed by atoms with Gasteiger partial charge >= 0.3 is 6.36 Å². The van der Waals surface area contributed by atoms with Gasteiger partial charge in [0.25, 0.3) is 0 Å². The van der Waals surface area contributed by atoms with E-state index in [1.165, 1.54) is 12.1 Å². The molecule has 0 saturated carbocycles. The van der Waals surface area contributed by atoms with Crippen molar-refractivity contribution in [1.82, 2.24) is 10.2 Å². The van der Waals surface area contributed by atoms with Crippen molar-refractivity contribution in [2.45, 2.75) is 32.7 Å². The van der Waals surface area contributed by atoms with E-state index in [4.69, 9.17) is 0 Å². The van der Waals surface area contributed by atoms with Gasteiger partial charge in [-0.05, 0) is 62.6 Å². The van der Waals surface area contributed by atoms with Crippen molar-refractivity contribution in [2.75, 3.05) is 26.2 Å². The molecule has 3 nitrogen and oxygen atoms in total. The Kier molecular flexibility index (Phi) is 8.16. The molecule has 7 heteroatoms. The number of likely N-dealkylation sites (tertiary alicyclic amines) is 1. The van der Waals surface area contributed by atoms with Crippen LogP contribution in [0.4, 0.5) is 13.2 Å². The maximum absolute atomic E-state index is 12.2. The Morgan fingerprint density at radius 2 is 1.96 bits per heavy atom. The summed E-state index contributed by atoms with van der Waals surface area (Å²) in [6.07, 6.45) is -2.37. The molecular weight excluding hydrogens is 329 g/mol. The van der Waals surface area contributed by atoms with Crippen LogP contribution in [0.25, 0.3) is 0 Å². The van der Waals surface area contributed by atoms with Gasteiger partial charge in [-0.25, -0.2) is 0 Å². The molecule has 2 rings (SSSR count). The number of halogens is 4. The monoisotopic (exact) mass is 352 g/mol. The average Bonchev–Trinajstić information content (AvgIpc) is 2.45. The largest absolute Gasteiger partial charge is 0.573 e. The zero-order valence-electron chi connectivity index (χ0n) is 13.2. The van der Waals surface area contributed by atoms with Gasteiger partial charge in [0.05, 0.1) is 0 Å². The lowest BCUT2D eigenvalue weighted by Gasteiger charge is -2.32. The Hall–Kier alpha value is -0.980. The van der Waals surface area contributed by atoms with E-state index < -0.39 is 6.36 Å². The van der Waals surface area contributed by atoms with Crippen LogP contribution in [-0.2, 0) is 6.54 Å². The third kappa shape index (κ3) is 7.42. The highest BCUT2D eigenvalue weighted by Crippen LogP contribution is 2.24. The lowest BCUT2D eigenvalue weighted by molar-refractivity contribution is -0.274. The van der Waals surface area contributed by atoms with Gasteiger partial charge in [0, 0.05) is 6.54 Å². The summed E-state index contributed by atoms with van der Waals surface area (Å²) in [5.41, 5.74) is 0.854. The summed E-state index contributed by atoms with van der Waals surface area (Å²) in [7, 11) is 0. The molecule has 0 radical (unpaired) electrons. The average molecular weight is 353 g/mol. The second-order valence-corrected chi connectivity index (χ2v) is 5.72. The summed E-state index contributed by atoms with van der Waals surface area (Å²) < 4.78 is 40.7. The van der Waals surface area contributed by atoms with E-state index in [1.54, 1.807) is 6.07 Å². The topological polar surface area (TPSA) is 24.5 Å². The van der Waals surface area contributed by atoms with Gasteiger partial charge < -0.3 is 10.1 Å². The summed E-state index contributed by atoms with van der Waals surface area (Å²) in [5, 5.41) is 3.37. The fraction of sp³-hybridized carbons (Fsp3) is 0.625. The number of hydrogen-bond acceptors (Lipinski definition) is 3. The minimum absolute atomic E-state index is 0. The zero-order chi connectivity index (χ0) is 16.0. The standard InChI is InChI=1S/C16H23F3N2O.ClH/c1-2-20-11-13-6-8-21(9-7-13)12-14-4-3-5-15(10-14)22-16(17,18)19;/h3-5,10,13,20H,2,6-9,11-12H2,1H3;1H. The molecule has 1 saturated heterocycles. The van der Waals surface area contributed by atoms with Crippen LogP contribution in [0.5, 0.6) is 5.75 Å². The van der Waals surface area contributed by atoms with Crippen LogP contribution >= 0.6 is 12.4 Å². The van der Waals surface area contributed by atoms with E-state index in [0.29, 0.717) is 12.5 Å². The third-order valence-electron chi connectivity index (χ3n) is 3.93. The Bertz CT molecular complexity index is 463. The zero-order valence-corrected chi connectivity index (χ0v) is 14.1. The van der Waals surface area contributed by atoms with Crippen molar-refractivity contribution in [3.63, 3.8) is 0 Å². The molecule has 1 aliphatic heterocycles. The molecule has 0 aliphatic carbocycles. The van der Waals surface area contributed by atoms with E-state index >= 15 is 0 Å². The highest BCUT2D eigenvalue weighted by atomic mass is 35.5. The highest BCUT2D eigenvalue weighted by molar-refractivity contribution is 5.85. The number of rotatable bonds is 6. The SMILES string of the molecule is CCNCC1CCN(Cc2cccc(OC(F)(F)F)c2)CC1.Cl. The van der Waals surface area contributed by atoms with E-state index in [1.807, 2.05) is 6.07 Å². The lowest BCUT2D eigenvalue weighted by Crippen LogP contribution is -2.36. The Labute approximate surface area is 141 Å². The van der Waals surface area contributed by atoms with Crippen LogP contribution < -0.4 is 10.1 Å². The molecule has 23 heavy (non-hydrogen) atoms. The highest BCUT2D eigenvalue weighted by Gasteiger charge is 2.31. The molecule has 0 atom stereocenters. The smallest absolute Gasteiger partial charge is 0.406 e. The Balaban J connectivity index is 0.00000264. The van der Waals surface area contributed by atoms with Gasteiger partial charge in [-0.15, -0.1) is 25.6 Å². The van der Waals surface area contributed by atoms with E-state index in [2.05, 4.69) is 21.9 Å². The fourth-order valence-electron chi connectivity index (χ4n) is 2.80. The van der Waals surface area contributed by atoms with Crippen molar-refractivity contribution in [2.24, 2.45) is 5.92 Å². The predicted molar refractivity (Wildman–Crippen MR) is 86.9 cm³/mol. The molecular formula is C16H24ClF3N2O. The molecule has 0 bridgehead atoms. The first kappa shape index (κ1) is 20.1. The van der Waals surface area contributed by atoms with Crippen molar-refractivity contribution in [3.05, 3.63) is 29.8 Å². The number of benzene rings is 1. The lowest BCUT2D eigenvalue weighted by atomic mass is 9.96. The third-order valence-corrected chi connectivity index (χ3v) is 3.93. The molecule has 1 aliphatic rings. The summed E-state index contributed by atoms with van der Waals surface area (Å²) in [6, 6.07) is 6.25. The fourth-order valence-corrected chi connectivity index (χ4v) is 2.80. The van der Waals surface area contributed by atoms with Crippen molar-refractivity contribution in [1.29, 1.82) is 0 Å². The van der Waals surface area contributed by atoms with Crippen LogP contribution in [0.1, 0.15) is 25.3 Å². The first-order valence-electron chi connectivity index (χ1n) is 7.74. The number of alkyl halides is 3. The minimum Gasteiger partial charge on any atom is -0.406 e. The van der Waals surface area contributed by atoms with Gasteiger partial charge in [-0.2, -0.15) is 0 Å². The van der Waals surface area contributed by atoms with Crippen molar-refractivity contribution in [3.8, 4) is 5.75 Å². The van der Waals surface area contributed by atoms with Gasteiger partial charge in [0.2, 0.25) is 0 Å². The molecule has 1 aromatic rings. The van der Waals surface area contributed by atoms with Crippen LogP contribution in [0.3, 0.4) is 0 Å². The summed E-state index contributed by atoms with van der Waals surface area (Å²) >= 11 is 0. The van der Waals surface area contributed by atoms with E-state index in [9.17, 15) is 13.2 Å². The molecule has 0 unspecified atom stereocenters. The normalized spacial score (nSPS) is 16.9. The molecule has 0 aromatic heterocycles. The van der Waals surface area contributed by atoms with Crippen LogP contribution in [-0.4, -0.2) is 37.4 Å². The van der Waals surface area contributed by atoms with Crippen molar-refractivity contribution < 1.29 is 17.9 Å². The predicted octanol–water partition coefficient (Wildman–Crippen LogP) is 3.83. The van der Waals surface area contributed by atoms with Crippen LogP contribution in [0.2, 0.25) is 0 Å². The van der Waals surface area contributed by atoms with Crippen LogP contribution in [0.15, 0.2) is 24.3 Å². The molecule has 0 spiro atoms. The second kappa shape index (κ2) is 9.35. The number of nitrogens with one attached hydrogen (secondary N) is 1. The first-order chi connectivity index (χ1) is 10.5. The van der Waals surface area contributed by atoms with Gasteiger partial charge in [0.1, 0.15) is 5.75 Å². The quantitative estimate of drug-likeness (QED) is 0.842. The minimum atomic E-state index is -4.64. The van der Waals surface area contributed by atoms with Gasteiger partial charge in [-0.3, -0.25) is 4.90 Å². The molecule has 1 N–H and O–H groups in total. The molecule has 132 valence electrons. The summed E-state index contributed by atoms with van der Waals surface area (Å²) in [4.78, 5) is 2.29. The van der Waals surface area contributed by atoms with Gasteiger partial charge in [0.15, 0.2) is 0 Å².